The minimum absolute atomic E-state index is 0.169. The Hall–Kier alpha value is -3.12. The van der Waals surface area contributed by atoms with Crippen molar-refractivity contribution in [3.8, 4) is 0 Å². The van der Waals surface area contributed by atoms with Crippen LogP contribution in [0.2, 0.25) is 0 Å². The first kappa shape index (κ1) is 18.7. The van der Waals surface area contributed by atoms with Gasteiger partial charge in [-0.25, -0.2) is 8.42 Å². The molecule has 3 aromatic rings. The van der Waals surface area contributed by atoms with Gasteiger partial charge in [-0.05, 0) is 42.3 Å². The third-order valence-corrected chi connectivity index (χ3v) is 5.37. The zero-order valence-electron chi connectivity index (χ0n) is 14.6. The predicted molar refractivity (Wildman–Crippen MR) is 106 cm³/mol. The number of anilines is 1. The second-order valence-electron chi connectivity index (χ2n) is 5.99. The molecule has 27 heavy (non-hydrogen) atoms. The number of carbonyl (C=O) groups excluding carboxylic acids is 1. The number of rotatable bonds is 7. The lowest BCUT2D eigenvalue weighted by Crippen LogP contribution is -2.25. The lowest BCUT2D eigenvalue weighted by atomic mass is 10.1. The molecule has 0 atom stereocenters. The van der Waals surface area contributed by atoms with E-state index in [4.69, 9.17) is 0 Å². The predicted octanol–water partition coefficient (Wildman–Crippen LogP) is 3.46. The Labute approximate surface area is 159 Å². The zero-order chi connectivity index (χ0) is 19.1. The molecule has 0 radical (unpaired) electrons. The Kier molecular flexibility index (Phi) is 5.88. The van der Waals surface area contributed by atoms with Crippen LogP contribution >= 0.6 is 0 Å². The van der Waals surface area contributed by atoms with Gasteiger partial charge in [0.25, 0.3) is 15.9 Å². The molecule has 6 heteroatoms. The van der Waals surface area contributed by atoms with E-state index in [1.807, 2.05) is 30.3 Å². The van der Waals surface area contributed by atoms with E-state index in [0.717, 1.165) is 12.0 Å². The molecule has 0 spiro atoms. The van der Waals surface area contributed by atoms with Crippen molar-refractivity contribution in [2.75, 3.05) is 11.3 Å². The van der Waals surface area contributed by atoms with Crippen LogP contribution in [-0.2, 0) is 16.4 Å². The summed E-state index contributed by atoms with van der Waals surface area (Å²) >= 11 is 0. The summed E-state index contributed by atoms with van der Waals surface area (Å²) < 4.78 is 27.3. The summed E-state index contributed by atoms with van der Waals surface area (Å²) in [4.78, 5) is 12.5. The highest BCUT2D eigenvalue weighted by Gasteiger charge is 2.14. The van der Waals surface area contributed by atoms with Crippen LogP contribution in [0.15, 0.2) is 89.8 Å². The van der Waals surface area contributed by atoms with Crippen LogP contribution < -0.4 is 10.0 Å². The smallest absolute Gasteiger partial charge is 0.261 e. The van der Waals surface area contributed by atoms with E-state index >= 15 is 0 Å². The van der Waals surface area contributed by atoms with Gasteiger partial charge in [-0.1, -0.05) is 54.6 Å². The first-order valence-corrected chi connectivity index (χ1v) is 10.0. The summed E-state index contributed by atoms with van der Waals surface area (Å²) in [5.74, 6) is -0.244. The van der Waals surface area contributed by atoms with E-state index < -0.39 is 10.0 Å². The van der Waals surface area contributed by atoms with E-state index in [1.54, 1.807) is 36.4 Å². The van der Waals surface area contributed by atoms with Crippen LogP contribution in [0, 0.1) is 0 Å². The number of hydrogen-bond acceptors (Lipinski definition) is 3. The Morgan fingerprint density at radius 3 is 2.19 bits per heavy atom. The molecular weight excluding hydrogens is 360 g/mol. The van der Waals surface area contributed by atoms with Gasteiger partial charge in [0.15, 0.2) is 0 Å². The Morgan fingerprint density at radius 2 is 1.48 bits per heavy atom. The van der Waals surface area contributed by atoms with E-state index in [0.29, 0.717) is 17.8 Å². The molecule has 0 bridgehead atoms. The molecule has 5 nitrogen and oxygen atoms in total. The molecule has 0 aromatic heterocycles. The highest BCUT2D eigenvalue weighted by molar-refractivity contribution is 7.92. The van der Waals surface area contributed by atoms with Crippen LogP contribution in [0.4, 0.5) is 5.69 Å². The number of amides is 1. The van der Waals surface area contributed by atoms with Gasteiger partial charge in [0.05, 0.1) is 4.90 Å². The van der Waals surface area contributed by atoms with Crippen molar-refractivity contribution in [3.05, 3.63) is 96.1 Å². The summed E-state index contributed by atoms with van der Waals surface area (Å²) in [5.41, 5.74) is 1.88. The average molecular weight is 380 g/mol. The molecule has 0 aliphatic rings. The van der Waals surface area contributed by atoms with Crippen LogP contribution in [0.5, 0.6) is 0 Å². The largest absolute Gasteiger partial charge is 0.352 e. The van der Waals surface area contributed by atoms with Crippen molar-refractivity contribution in [2.45, 2.75) is 11.3 Å². The fraction of sp³-hybridized carbons (Fsp3) is 0.0952. The standard InChI is InChI=1S/C21H20N2O3S/c24-21(22-15-14-17-8-3-1-4-9-17)18-10-7-11-19(16-18)23-27(25,26)20-12-5-2-6-13-20/h1-13,16,23H,14-15H2,(H,22,24). The first-order chi connectivity index (χ1) is 13.0. The molecule has 3 rings (SSSR count). The second-order valence-corrected chi connectivity index (χ2v) is 7.67. The summed E-state index contributed by atoms with van der Waals surface area (Å²) in [7, 11) is -3.69. The van der Waals surface area contributed by atoms with Crippen molar-refractivity contribution in [2.24, 2.45) is 0 Å². The molecule has 2 N–H and O–H groups in total. The maximum absolute atomic E-state index is 12.4. The molecule has 1 amide bonds. The normalized spacial score (nSPS) is 11.0. The zero-order valence-corrected chi connectivity index (χ0v) is 15.4. The highest BCUT2D eigenvalue weighted by Crippen LogP contribution is 2.17. The van der Waals surface area contributed by atoms with E-state index in [9.17, 15) is 13.2 Å². The van der Waals surface area contributed by atoms with Crippen LogP contribution in [0.25, 0.3) is 0 Å². The lowest BCUT2D eigenvalue weighted by Gasteiger charge is -2.10. The molecule has 3 aromatic carbocycles. The second kappa shape index (κ2) is 8.51. The van der Waals surface area contributed by atoms with Crippen LogP contribution in [0.3, 0.4) is 0 Å². The third-order valence-electron chi connectivity index (χ3n) is 3.97. The van der Waals surface area contributed by atoms with Crippen LogP contribution in [-0.4, -0.2) is 20.9 Å². The first-order valence-electron chi connectivity index (χ1n) is 8.55. The summed E-state index contributed by atoms with van der Waals surface area (Å²) in [6.45, 7) is 0.503. The third kappa shape index (κ3) is 5.18. The molecule has 0 unspecified atom stereocenters. The quantitative estimate of drug-likeness (QED) is 0.659. The van der Waals surface area contributed by atoms with Gasteiger partial charge in [0.2, 0.25) is 0 Å². The molecule has 138 valence electrons. The van der Waals surface area contributed by atoms with Gasteiger partial charge < -0.3 is 5.32 Å². The molecule has 0 saturated heterocycles. The number of nitrogens with one attached hydrogen (secondary N) is 2. The maximum Gasteiger partial charge on any atom is 0.261 e. The van der Waals surface area contributed by atoms with Crippen molar-refractivity contribution < 1.29 is 13.2 Å². The van der Waals surface area contributed by atoms with Gasteiger partial charge in [-0.2, -0.15) is 0 Å². The van der Waals surface area contributed by atoms with Gasteiger partial charge in [0.1, 0.15) is 0 Å². The van der Waals surface area contributed by atoms with E-state index in [1.165, 1.54) is 18.2 Å². The Morgan fingerprint density at radius 1 is 0.815 bits per heavy atom. The Bertz CT molecular complexity index is 1000. The summed E-state index contributed by atoms with van der Waals surface area (Å²) in [6.07, 6.45) is 0.729. The van der Waals surface area contributed by atoms with E-state index in [-0.39, 0.29) is 10.8 Å². The van der Waals surface area contributed by atoms with Gasteiger partial charge >= 0.3 is 0 Å². The monoisotopic (exact) mass is 380 g/mol. The maximum atomic E-state index is 12.4. The molecule has 0 aliphatic heterocycles. The minimum atomic E-state index is -3.69. The molecule has 0 heterocycles. The fourth-order valence-electron chi connectivity index (χ4n) is 2.60. The van der Waals surface area contributed by atoms with Crippen molar-refractivity contribution in [1.29, 1.82) is 0 Å². The number of carbonyl (C=O) groups is 1. The average Bonchev–Trinajstić information content (AvgIpc) is 2.69. The summed E-state index contributed by atoms with van der Waals surface area (Å²) in [5, 5.41) is 2.85. The topological polar surface area (TPSA) is 75.3 Å². The number of benzene rings is 3. The van der Waals surface area contributed by atoms with Crippen molar-refractivity contribution >= 4 is 21.6 Å². The molecule has 0 saturated carbocycles. The van der Waals surface area contributed by atoms with Crippen molar-refractivity contribution in [1.82, 2.24) is 5.32 Å². The number of sulfonamides is 1. The van der Waals surface area contributed by atoms with E-state index in [2.05, 4.69) is 10.0 Å². The van der Waals surface area contributed by atoms with Gasteiger partial charge in [0, 0.05) is 17.8 Å². The fourth-order valence-corrected chi connectivity index (χ4v) is 3.68. The Balaban J connectivity index is 1.63. The molecule has 0 fully saturated rings. The van der Waals surface area contributed by atoms with Crippen molar-refractivity contribution in [3.63, 3.8) is 0 Å². The summed E-state index contributed by atoms with van der Waals surface area (Å²) in [6, 6.07) is 24.4. The van der Waals surface area contributed by atoms with Crippen LogP contribution in [0.1, 0.15) is 15.9 Å². The number of hydrogen-bond donors (Lipinski definition) is 2. The molecular formula is C21H20N2O3S. The molecule has 0 aliphatic carbocycles. The van der Waals surface area contributed by atoms with Gasteiger partial charge in [-0.3, -0.25) is 9.52 Å². The highest BCUT2D eigenvalue weighted by atomic mass is 32.2. The van der Waals surface area contributed by atoms with Gasteiger partial charge in [-0.15, -0.1) is 0 Å². The minimum Gasteiger partial charge on any atom is -0.352 e. The lowest BCUT2D eigenvalue weighted by molar-refractivity contribution is 0.0954. The SMILES string of the molecule is O=C(NCCc1ccccc1)c1cccc(NS(=O)(=O)c2ccccc2)c1.